The van der Waals surface area contributed by atoms with Gasteiger partial charge in [-0.05, 0) is 41.6 Å². The second-order valence-corrected chi connectivity index (χ2v) is 6.62. The number of thioether (sulfide) groups is 1. The molecule has 1 aliphatic heterocycles. The molecule has 0 bridgehead atoms. The average molecular weight is 383 g/mol. The Kier molecular flexibility index (Phi) is 4.51. The molecule has 1 amide bonds. The molecule has 1 aliphatic rings. The van der Waals surface area contributed by atoms with Crippen LogP contribution in [0.1, 0.15) is 5.56 Å². The lowest BCUT2D eigenvalue weighted by Crippen LogP contribution is -2.29. The molecule has 4 rings (SSSR count). The van der Waals surface area contributed by atoms with Gasteiger partial charge >= 0.3 is 0 Å². The number of hydrogen-bond donors (Lipinski definition) is 0. The Balaban J connectivity index is 1.75. The minimum Gasteiger partial charge on any atom is -0.268 e. The van der Waals surface area contributed by atoms with Crippen molar-refractivity contribution >= 4 is 46.2 Å². The molecule has 1 saturated heterocycles. The molecule has 0 spiro atoms. The summed E-state index contributed by atoms with van der Waals surface area (Å²) >= 11 is 7.09. The minimum atomic E-state index is -0.164. The molecular formula is C17H11ClN6OS. The van der Waals surface area contributed by atoms with E-state index < -0.39 is 0 Å². The Hall–Kier alpha value is -2.97. The summed E-state index contributed by atoms with van der Waals surface area (Å²) in [4.78, 5) is 19.1. The summed E-state index contributed by atoms with van der Waals surface area (Å²) in [6.45, 7) is 0. The summed E-state index contributed by atoms with van der Waals surface area (Å²) in [7, 11) is 0. The van der Waals surface area contributed by atoms with Crippen molar-refractivity contribution < 1.29 is 4.79 Å². The predicted molar refractivity (Wildman–Crippen MR) is 102 cm³/mol. The molecule has 3 aromatic rings. The van der Waals surface area contributed by atoms with Crippen LogP contribution in [0.2, 0.25) is 5.15 Å². The van der Waals surface area contributed by atoms with Crippen LogP contribution in [0.15, 0.2) is 71.3 Å². The largest absolute Gasteiger partial charge is 0.271 e. The van der Waals surface area contributed by atoms with Crippen molar-refractivity contribution in [2.75, 3.05) is 4.90 Å². The number of para-hydroxylation sites is 1. The third-order valence-corrected chi connectivity index (χ3v) is 4.66. The molecule has 128 valence electrons. The molecule has 1 fully saturated rings. The summed E-state index contributed by atoms with van der Waals surface area (Å²) in [5.41, 5.74) is 1.51. The van der Waals surface area contributed by atoms with Crippen LogP contribution in [0.5, 0.6) is 0 Å². The summed E-state index contributed by atoms with van der Waals surface area (Å²) in [5.74, 6) is -0.164. The number of hydrogen-bond acceptors (Lipinski definition) is 6. The van der Waals surface area contributed by atoms with E-state index in [1.165, 1.54) is 29.1 Å². The summed E-state index contributed by atoms with van der Waals surface area (Å²) in [6, 6.07) is 12.8. The van der Waals surface area contributed by atoms with Gasteiger partial charge in [-0.3, -0.25) is 9.69 Å². The zero-order valence-corrected chi connectivity index (χ0v) is 14.8. The second kappa shape index (κ2) is 7.11. The monoisotopic (exact) mass is 382 g/mol. The van der Waals surface area contributed by atoms with Gasteiger partial charge in [0.1, 0.15) is 17.8 Å². The number of nitrogens with zero attached hydrogens (tertiary/aromatic N) is 6. The lowest BCUT2D eigenvalue weighted by atomic mass is 10.2. The molecule has 0 radical (unpaired) electrons. The normalized spacial score (nSPS) is 17.4. The van der Waals surface area contributed by atoms with Crippen LogP contribution in [0.4, 0.5) is 5.69 Å². The topological polar surface area (TPSA) is 76.3 Å². The van der Waals surface area contributed by atoms with Gasteiger partial charge in [0.15, 0.2) is 0 Å². The highest BCUT2D eigenvalue weighted by Crippen LogP contribution is 2.35. The molecule has 9 heteroatoms. The van der Waals surface area contributed by atoms with E-state index in [2.05, 4.69) is 20.3 Å². The first kappa shape index (κ1) is 16.5. The number of carbonyl (C=O) groups is 1. The smallest absolute Gasteiger partial charge is 0.268 e. The van der Waals surface area contributed by atoms with Crippen LogP contribution >= 0.6 is 23.4 Å². The maximum atomic E-state index is 13.0. The van der Waals surface area contributed by atoms with Gasteiger partial charge in [-0.25, -0.2) is 9.66 Å². The van der Waals surface area contributed by atoms with Crippen LogP contribution < -0.4 is 4.90 Å². The SMILES string of the molecule is O=C1/C(=C/c2ccc(Cl)nc2)S/C(=N\n2cnnc2)N1c1ccccc1. The number of anilines is 1. The number of benzene rings is 1. The van der Waals surface area contributed by atoms with E-state index in [0.29, 0.717) is 15.2 Å². The van der Waals surface area contributed by atoms with Crippen molar-refractivity contribution in [3.8, 4) is 0 Å². The summed E-state index contributed by atoms with van der Waals surface area (Å²) in [6.07, 6.45) is 6.31. The van der Waals surface area contributed by atoms with Gasteiger partial charge in [0.05, 0.1) is 10.6 Å². The highest BCUT2D eigenvalue weighted by Gasteiger charge is 2.35. The first-order chi connectivity index (χ1) is 12.7. The number of halogens is 1. The molecular weight excluding hydrogens is 372 g/mol. The number of aromatic nitrogens is 4. The maximum Gasteiger partial charge on any atom is 0.271 e. The lowest BCUT2D eigenvalue weighted by molar-refractivity contribution is -0.113. The van der Waals surface area contributed by atoms with Gasteiger partial charge in [-0.15, -0.1) is 15.3 Å². The van der Waals surface area contributed by atoms with Crippen molar-refractivity contribution in [1.29, 1.82) is 0 Å². The van der Waals surface area contributed by atoms with E-state index in [9.17, 15) is 4.79 Å². The Morgan fingerprint density at radius 3 is 2.54 bits per heavy atom. The standard InChI is InChI=1S/C17H11ClN6OS/c18-15-7-6-12(9-19-15)8-14-16(25)24(13-4-2-1-3-5-13)17(26-14)22-23-10-20-21-11-23/h1-11H/b14-8-,22-17-. The molecule has 0 saturated carbocycles. The maximum absolute atomic E-state index is 13.0. The van der Waals surface area contributed by atoms with Gasteiger partial charge < -0.3 is 0 Å². The minimum absolute atomic E-state index is 0.164. The fraction of sp³-hybridized carbons (Fsp3) is 0. The zero-order chi connectivity index (χ0) is 17.9. The highest BCUT2D eigenvalue weighted by atomic mass is 35.5. The van der Waals surface area contributed by atoms with E-state index in [-0.39, 0.29) is 5.91 Å². The van der Waals surface area contributed by atoms with Gasteiger partial charge in [0.25, 0.3) is 5.91 Å². The Labute approximate surface area is 158 Å². The second-order valence-electron chi connectivity index (χ2n) is 5.23. The molecule has 0 atom stereocenters. The third kappa shape index (κ3) is 3.37. The van der Waals surface area contributed by atoms with Crippen LogP contribution in [0.25, 0.3) is 6.08 Å². The molecule has 26 heavy (non-hydrogen) atoms. The number of rotatable bonds is 3. The quantitative estimate of drug-likeness (QED) is 0.513. The van der Waals surface area contributed by atoms with E-state index in [0.717, 1.165) is 11.3 Å². The fourth-order valence-electron chi connectivity index (χ4n) is 2.32. The van der Waals surface area contributed by atoms with Crippen molar-refractivity contribution in [2.24, 2.45) is 5.10 Å². The first-order valence-corrected chi connectivity index (χ1v) is 8.74. The Bertz CT molecular complexity index is 986. The fourth-order valence-corrected chi connectivity index (χ4v) is 3.41. The number of carbonyl (C=O) groups excluding carboxylic acids is 1. The van der Waals surface area contributed by atoms with Crippen molar-refractivity contribution in [2.45, 2.75) is 0 Å². The highest BCUT2D eigenvalue weighted by molar-refractivity contribution is 8.19. The first-order valence-electron chi connectivity index (χ1n) is 7.55. The van der Waals surface area contributed by atoms with E-state index in [4.69, 9.17) is 11.6 Å². The average Bonchev–Trinajstić information content (AvgIpc) is 3.27. The number of pyridine rings is 1. The van der Waals surface area contributed by atoms with E-state index in [1.807, 2.05) is 30.3 Å². The number of amides is 1. The van der Waals surface area contributed by atoms with Gasteiger partial charge in [-0.1, -0.05) is 35.9 Å². The molecule has 2 aromatic heterocycles. The van der Waals surface area contributed by atoms with Crippen molar-refractivity contribution in [1.82, 2.24) is 19.9 Å². The predicted octanol–water partition coefficient (Wildman–Crippen LogP) is 3.27. The summed E-state index contributed by atoms with van der Waals surface area (Å²) in [5, 5.41) is 12.8. The molecule has 0 unspecified atom stereocenters. The molecule has 1 aromatic carbocycles. The molecule has 0 aliphatic carbocycles. The molecule has 3 heterocycles. The lowest BCUT2D eigenvalue weighted by Gasteiger charge is -2.15. The molecule has 7 nitrogen and oxygen atoms in total. The van der Waals surface area contributed by atoms with Crippen molar-refractivity contribution in [3.63, 3.8) is 0 Å². The van der Waals surface area contributed by atoms with E-state index in [1.54, 1.807) is 29.3 Å². The zero-order valence-electron chi connectivity index (χ0n) is 13.2. The molecule has 0 N–H and O–H groups in total. The Morgan fingerprint density at radius 1 is 1.08 bits per heavy atom. The van der Waals surface area contributed by atoms with Gasteiger partial charge in [-0.2, -0.15) is 0 Å². The summed E-state index contributed by atoms with van der Waals surface area (Å²) < 4.78 is 1.46. The van der Waals surface area contributed by atoms with Crippen LogP contribution in [-0.4, -0.2) is 30.9 Å². The van der Waals surface area contributed by atoms with Gasteiger partial charge in [0, 0.05) is 6.20 Å². The number of amidine groups is 1. The van der Waals surface area contributed by atoms with E-state index >= 15 is 0 Å². The van der Waals surface area contributed by atoms with Crippen LogP contribution in [0.3, 0.4) is 0 Å². The third-order valence-electron chi connectivity index (χ3n) is 3.48. The van der Waals surface area contributed by atoms with Crippen LogP contribution in [0, 0.1) is 0 Å². The van der Waals surface area contributed by atoms with Crippen LogP contribution in [-0.2, 0) is 4.79 Å². The van der Waals surface area contributed by atoms with Gasteiger partial charge in [0.2, 0.25) is 5.17 Å². The Morgan fingerprint density at radius 2 is 1.85 bits per heavy atom. The van der Waals surface area contributed by atoms with Crippen molar-refractivity contribution in [3.05, 3.63) is 76.9 Å².